The first kappa shape index (κ1) is 46.6. The van der Waals surface area contributed by atoms with Crippen LogP contribution in [0.5, 0.6) is 0 Å². The van der Waals surface area contributed by atoms with Crippen LogP contribution in [0.4, 0.5) is 5.69 Å². The quantitative estimate of drug-likeness (QED) is 0.0465. The van der Waals surface area contributed by atoms with Gasteiger partial charge >= 0.3 is 0 Å². The molecule has 0 aliphatic carbocycles. The van der Waals surface area contributed by atoms with E-state index >= 15 is 0 Å². The number of benzene rings is 7. The third-order valence-corrected chi connectivity index (χ3v) is 11.9. The van der Waals surface area contributed by atoms with Crippen LogP contribution < -0.4 is 4.90 Å². The fraction of sp³-hybridized carbons (Fsp3) is 0.276. The Morgan fingerprint density at radius 2 is 0.879 bits per heavy atom. The van der Waals surface area contributed by atoms with Gasteiger partial charge in [0.05, 0.1) is 46.2 Å². The second-order valence-corrected chi connectivity index (χ2v) is 16.8. The molecule has 0 spiro atoms. The van der Waals surface area contributed by atoms with E-state index in [1.165, 1.54) is 0 Å². The van der Waals surface area contributed by atoms with Crippen molar-refractivity contribution in [2.24, 2.45) is 0 Å². The maximum Gasteiger partial charge on any atom is 0.186 e. The highest BCUT2D eigenvalue weighted by Crippen LogP contribution is 2.42. The molecule has 0 unspecified atom stereocenters. The maximum absolute atomic E-state index is 7.22. The molecule has 8 rings (SSSR count). The number of rotatable bonds is 23. The molecule has 5 atom stereocenters. The van der Waals surface area contributed by atoms with Crippen LogP contribution in [-0.4, -0.2) is 64.6 Å². The summed E-state index contributed by atoms with van der Waals surface area (Å²) in [5.74, 6) is 0. The molecule has 1 fully saturated rings. The van der Waals surface area contributed by atoms with Crippen LogP contribution >= 0.6 is 0 Å². The molecule has 0 radical (unpaired) electrons. The summed E-state index contributed by atoms with van der Waals surface area (Å²) < 4.78 is 48.1. The predicted molar refractivity (Wildman–Crippen MR) is 260 cm³/mol. The van der Waals surface area contributed by atoms with Crippen LogP contribution in [0.1, 0.15) is 45.4 Å². The lowest BCUT2D eigenvalue weighted by Crippen LogP contribution is -2.61. The molecule has 1 aliphatic rings. The number of ether oxygens (including phenoxy) is 7. The molecule has 0 N–H and O–H groups in total. The van der Waals surface area contributed by atoms with Gasteiger partial charge in [-0.2, -0.15) is 0 Å². The second kappa shape index (κ2) is 24.0. The van der Waals surface area contributed by atoms with Gasteiger partial charge in [0, 0.05) is 19.8 Å². The number of nitrogens with zero attached hydrogens (tertiary/aromatic N) is 1. The third kappa shape index (κ3) is 12.3. The van der Waals surface area contributed by atoms with Gasteiger partial charge in [-0.05, 0) is 57.5 Å². The minimum absolute atomic E-state index is 0.247. The van der Waals surface area contributed by atoms with Gasteiger partial charge in [0.2, 0.25) is 0 Å². The zero-order valence-corrected chi connectivity index (χ0v) is 38.0. The molecule has 7 aromatic carbocycles. The van der Waals surface area contributed by atoms with Gasteiger partial charge in [-0.3, -0.25) is 0 Å². The van der Waals surface area contributed by atoms with Gasteiger partial charge in [0.15, 0.2) is 6.29 Å². The molecule has 0 bridgehead atoms. The van der Waals surface area contributed by atoms with Crippen LogP contribution in [0.15, 0.2) is 206 Å². The second-order valence-electron chi connectivity index (χ2n) is 16.8. The van der Waals surface area contributed by atoms with Gasteiger partial charge in [-0.25, -0.2) is 0 Å². The average molecular weight is 884 g/mol. The van der Waals surface area contributed by atoms with E-state index in [0.29, 0.717) is 46.1 Å². The summed E-state index contributed by atoms with van der Waals surface area (Å²) in [6.07, 6.45) is -2.62. The third-order valence-electron chi connectivity index (χ3n) is 11.9. The Morgan fingerprint density at radius 1 is 0.439 bits per heavy atom. The largest absolute Gasteiger partial charge is 0.378 e. The smallest absolute Gasteiger partial charge is 0.186 e. The Kier molecular flexibility index (Phi) is 16.9. The minimum Gasteiger partial charge on any atom is -0.378 e. The number of hydrogen-bond acceptors (Lipinski definition) is 8. The van der Waals surface area contributed by atoms with Gasteiger partial charge in [0.1, 0.15) is 30.0 Å². The van der Waals surface area contributed by atoms with E-state index < -0.39 is 36.3 Å². The molecule has 1 saturated heterocycles. The lowest BCUT2D eigenvalue weighted by atomic mass is 9.80. The normalized spacial score (nSPS) is 18.5. The summed E-state index contributed by atoms with van der Waals surface area (Å²) in [5.41, 5.74) is 7.48. The van der Waals surface area contributed by atoms with E-state index in [1.54, 1.807) is 0 Å². The van der Waals surface area contributed by atoms with Crippen LogP contribution in [0.3, 0.4) is 0 Å². The van der Waals surface area contributed by atoms with Crippen molar-refractivity contribution in [3.63, 3.8) is 0 Å². The lowest BCUT2D eigenvalue weighted by molar-refractivity contribution is -0.328. The van der Waals surface area contributed by atoms with Crippen molar-refractivity contribution < 1.29 is 33.2 Å². The Bertz CT molecular complexity index is 2390. The Labute approximate surface area is 390 Å². The van der Waals surface area contributed by atoms with E-state index in [1.807, 2.05) is 84.9 Å². The first-order valence-electron chi connectivity index (χ1n) is 22.9. The van der Waals surface area contributed by atoms with Gasteiger partial charge in [0.25, 0.3) is 0 Å². The molecule has 0 saturated carbocycles. The highest BCUT2D eigenvalue weighted by Gasteiger charge is 2.49. The van der Waals surface area contributed by atoms with Crippen molar-refractivity contribution in [3.05, 3.63) is 245 Å². The van der Waals surface area contributed by atoms with Gasteiger partial charge < -0.3 is 38.1 Å². The highest BCUT2D eigenvalue weighted by atomic mass is 16.7. The molecular weight excluding hydrogens is 823 g/mol. The SMILES string of the molecule is CN(C)c1cccc(C(OCCCO[C@H]2O[C@H](COCc3ccccc3)[C@@H](OCc3ccccc3)[C@H](OCc3ccccc3)[C@@H]2OCc2ccccc2)(c2ccccc2)c2ccccc2)c1. The van der Waals surface area contributed by atoms with Crippen LogP contribution in [-0.2, 0) is 65.2 Å². The molecule has 340 valence electrons. The summed E-state index contributed by atoms with van der Waals surface area (Å²) in [6, 6.07) is 70.1. The predicted octanol–water partition coefficient (Wildman–Crippen LogP) is 11.2. The summed E-state index contributed by atoms with van der Waals surface area (Å²) in [4.78, 5) is 2.12. The van der Waals surface area contributed by atoms with Crippen LogP contribution in [0.2, 0.25) is 0 Å². The Balaban J connectivity index is 1.08. The molecule has 7 aromatic rings. The summed E-state index contributed by atoms with van der Waals surface area (Å²) >= 11 is 0. The fourth-order valence-corrected chi connectivity index (χ4v) is 8.46. The number of anilines is 1. The number of hydrogen-bond donors (Lipinski definition) is 0. The molecule has 8 nitrogen and oxygen atoms in total. The average Bonchev–Trinajstić information content (AvgIpc) is 3.38. The van der Waals surface area contributed by atoms with Crippen molar-refractivity contribution in [3.8, 4) is 0 Å². The highest BCUT2D eigenvalue weighted by molar-refractivity contribution is 5.55. The molecule has 66 heavy (non-hydrogen) atoms. The monoisotopic (exact) mass is 883 g/mol. The zero-order chi connectivity index (χ0) is 45.2. The Morgan fingerprint density at radius 3 is 1.38 bits per heavy atom. The van der Waals surface area contributed by atoms with E-state index in [-0.39, 0.29) is 6.61 Å². The summed E-state index contributed by atoms with van der Waals surface area (Å²) in [7, 11) is 4.12. The molecule has 0 amide bonds. The van der Waals surface area contributed by atoms with Crippen LogP contribution in [0.25, 0.3) is 0 Å². The van der Waals surface area contributed by atoms with E-state index in [0.717, 1.165) is 44.6 Å². The van der Waals surface area contributed by atoms with E-state index in [4.69, 9.17) is 33.2 Å². The van der Waals surface area contributed by atoms with Crippen molar-refractivity contribution in [2.45, 2.75) is 69.2 Å². The molecule has 0 aromatic heterocycles. The van der Waals surface area contributed by atoms with E-state index in [2.05, 4.69) is 140 Å². The minimum atomic E-state index is -0.891. The summed E-state index contributed by atoms with van der Waals surface area (Å²) in [6.45, 7) is 2.40. The standard InChI is InChI=1S/C58H61NO7/c1-59(2)52-36-21-35-51(39-52)58(49-31-17-7-18-32-49,50-33-19-8-20-34-50)65-38-22-37-61-57-56(64-43-48-29-15-6-16-30-48)55(63-42-47-27-13-5-14-28-47)54(62-41-46-25-11-4-12-26-46)53(66-57)44-60-40-45-23-9-3-10-24-45/h3-21,23-36,39,53-57H,22,37-38,40-44H2,1-2H3/t53-,54-,55+,56+,57+/m1/s1. The van der Waals surface area contributed by atoms with Gasteiger partial charge in [-0.1, -0.05) is 194 Å². The first-order chi connectivity index (χ1) is 32.6. The van der Waals surface area contributed by atoms with Crippen molar-refractivity contribution in [1.29, 1.82) is 0 Å². The Hall–Kier alpha value is -5.94. The maximum atomic E-state index is 7.22. The van der Waals surface area contributed by atoms with Crippen molar-refractivity contribution in [1.82, 2.24) is 0 Å². The molecule has 8 heteroatoms. The van der Waals surface area contributed by atoms with Crippen LogP contribution in [0, 0.1) is 0 Å². The van der Waals surface area contributed by atoms with Gasteiger partial charge in [-0.15, -0.1) is 0 Å². The fourth-order valence-electron chi connectivity index (χ4n) is 8.46. The van der Waals surface area contributed by atoms with Crippen molar-refractivity contribution >= 4 is 5.69 Å². The van der Waals surface area contributed by atoms with Crippen molar-refractivity contribution in [2.75, 3.05) is 38.8 Å². The van der Waals surface area contributed by atoms with E-state index in [9.17, 15) is 0 Å². The first-order valence-corrected chi connectivity index (χ1v) is 22.9. The molecular formula is C58H61NO7. The zero-order valence-electron chi connectivity index (χ0n) is 38.0. The molecule has 1 aliphatic heterocycles. The summed E-state index contributed by atoms with van der Waals surface area (Å²) in [5, 5.41) is 0. The topological polar surface area (TPSA) is 67.9 Å². The molecule has 1 heterocycles. The lowest BCUT2D eigenvalue weighted by Gasteiger charge is -2.46.